The van der Waals surface area contributed by atoms with Gasteiger partial charge in [-0.2, -0.15) is 0 Å². The maximum absolute atomic E-state index is 12.3. The lowest BCUT2D eigenvalue weighted by Crippen LogP contribution is -2.44. The van der Waals surface area contributed by atoms with Crippen molar-refractivity contribution in [3.63, 3.8) is 0 Å². The van der Waals surface area contributed by atoms with Gasteiger partial charge in [0.1, 0.15) is 11.4 Å². The van der Waals surface area contributed by atoms with Gasteiger partial charge in [-0.1, -0.05) is 12.1 Å². The van der Waals surface area contributed by atoms with Gasteiger partial charge < -0.3 is 29.7 Å². The molecule has 8 heteroatoms. The summed E-state index contributed by atoms with van der Waals surface area (Å²) in [4.78, 5) is 18.2. The van der Waals surface area contributed by atoms with Gasteiger partial charge in [-0.25, -0.2) is 4.79 Å². The molecule has 1 aliphatic rings. The molecule has 1 amide bonds. The van der Waals surface area contributed by atoms with E-state index in [0.29, 0.717) is 44.7 Å². The number of nitrogens with one attached hydrogen (secondary N) is 2. The number of hydrogen-bond donors (Lipinski definition) is 2. The van der Waals surface area contributed by atoms with Gasteiger partial charge in [0.15, 0.2) is 5.96 Å². The van der Waals surface area contributed by atoms with E-state index >= 15 is 0 Å². The van der Waals surface area contributed by atoms with Crippen molar-refractivity contribution in [3.8, 4) is 5.75 Å². The Morgan fingerprint density at radius 3 is 2.72 bits per heavy atom. The van der Waals surface area contributed by atoms with Gasteiger partial charge >= 0.3 is 6.09 Å². The number of guanidine groups is 1. The van der Waals surface area contributed by atoms with Crippen LogP contribution in [0.4, 0.5) is 4.79 Å². The van der Waals surface area contributed by atoms with Crippen LogP contribution in [0.3, 0.4) is 0 Å². The zero-order valence-corrected chi connectivity index (χ0v) is 20.5. The molecule has 1 heterocycles. The number of benzene rings is 1. The number of ether oxygens (including phenoxy) is 3. The molecular weight excluding hydrogens is 408 g/mol. The van der Waals surface area contributed by atoms with E-state index in [1.807, 2.05) is 27.7 Å². The molecule has 0 aliphatic carbocycles. The first-order chi connectivity index (χ1) is 15.2. The minimum atomic E-state index is -0.506. The summed E-state index contributed by atoms with van der Waals surface area (Å²) in [5.74, 6) is 2.01. The molecule has 0 spiro atoms. The first-order valence-electron chi connectivity index (χ1n) is 11.4. The van der Waals surface area contributed by atoms with Crippen LogP contribution in [0.25, 0.3) is 0 Å². The van der Waals surface area contributed by atoms with Crippen LogP contribution in [-0.2, 0) is 16.0 Å². The second-order valence-electron chi connectivity index (χ2n) is 9.06. The molecule has 0 saturated carbocycles. The van der Waals surface area contributed by atoms with E-state index in [2.05, 4.69) is 40.7 Å². The second-order valence-corrected chi connectivity index (χ2v) is 9.06. The topological polar surface area (TPSA) is 84.4 Å². The van der Waals surface area contributed by atoms with Gasteiger partial charge in [0.25, 0.3) is 0 Å². The zero-order valence-electron chi connectivity index (χ0n) is 20.5. The Balaban J connectivity index is 1.84. The molecule has 1 aromatic carbocycles. The van der Waals surface area contributed by atoms with Crippen LogP contribution >= 0.6 is 0 Å². The van der Waals surface area contributed by atoms with Gasteiger partial charge in [-0.3, -0.25) is 4.99 Å². The molecule has 32 heavy (non-hydrogen) atoms. The summed E-state index contributed by atoms with van der Waals surface area (Å²) >= 11 is 0. The minimum absolute atomic E-state index is 0.307. The third-order valence-corrected chi connectivity index (χ3v) is 5.10. The van der Waals surface area contributed by atoms with E-state index in [0.717, 1.165) is 36.5 Å². The minimum Gasteiger partial charge on any atom is -0.493 e. The molecule has 1 aliphatic heterocycles. The second kappa shape index (κ2) is 12.5. The summed E-state index contributed by atoms with van der Waals surface area (Å²) < 4.78 is 17.0. The van der Waals surface area contributed by atoms with Gasteiger partial charge in [-0.05, 0) is 52.7 Å². The number of amides is 1. The third kappa shape index (κ3) is 8.94. The van der Waals surface area contributed by atoms with Crippen molar-refractivity contribution < 1.29 is 19.0 Å². The molecule has 180 valence electrons. The summed E-state index contributed by atoms with van der Waals surface area (Å²) in [6, 6.07) is 6.24. The number of aryl methyl sites for hydroxylation is 1. The van der Waals surface area contributed by atoms with E-state index < -0.39 is 5.60 Å². The van der Waals surface area contributed by atoms with E-state index in [9.17, 15) is 4.79 Å². The molecule has 0 radical (unpaired) electrons. The first-order valence-corrected chi connectivity index (χ1v) is 11.4. The Hall–Kier alpha value is -2.48. The van der Waals surface area contributed by atoms with Gasteiger partial charge in [-0.15, -0.1) is 0 Å². The van der Waals surface area contributed by atoms with E-state index in [-0.39, 0.29) is 6.09 Å². The number of likely N-dealkylation sites (N-methyl/N-ethyl adjacent to an activating group) is 1. The van der Waals surface area contributed by atoms with E-state index in [1.54, 1.807) is 11.9 Å². The van der Waals surface area contributed by atoms with Crippen molar-refractivity contribution in [2.24, 2.45) is 10.9 Å². The van der Waals surface area contributed by atoms with Crippen LogP contribution < -0.4 is 15.4 Å². The molecule has 1 atom stereocenters. The molecule has 1 unspecified atom stereocenters. The molecule has 2 rings (SSSR count). The standard InChI is InChI=1S/C24H40N4O4/c1-7-28(23(29)32-24(3,4)5)12-11-26-22(25-6)27-15-20-9-8-18(2)14-21(20)31-17-19-10-13-30-16-19/h8-9,14,19H,7,10-13,15-17H2,1-6H3,(H2,25,26,27). The Labute approximate surface area is 192 Å². The average molecular weight is 449 g/mol. The Kier molecular flexibility index (Phi) is 10.1. The smallest absolute Gasteiger partial charge is 0.410 e. The van der Waals surface area contributed by atoms with Crippen LogP contribution in [-0.4, -0.2) is 69.1 Å². The van der Waals surface area contributed by atoms with E-state index in [4.69, 9.17) is 14.2 Å². The number of hydrogen-bond acceptors (Lipinski definition) is 5. The first kappa shape index (κ1) is 25.8. The van der Waals surface area contributed by atoms with Crippen molar-refractivity contribution in [2.75, 3.05) is 46.5 Å². The van der Waals surface area contributed by atoms with Crippen molar-refractivity contribution in [2.45, 2.75) is 53.2 Å². The van der Waals surface area contributed by atoms with Gasteiger partial charge in [0.05, 0.1) is 13.2 Å². The van der Waals surface area contributed by atoms with Crippen LogP contribution in [0, 0.1) is 12.8 Å². The summed E-state index contributed by atoms with van der Waals surface area (Å²) in [7, 11) is 1.73. The van der Waals surface area contributed by atoms with Crippen LogP contribution in [0.5, 0.6) is 5.75 Å². The summed E-state index contributed by atoms with van der Waals surface area (Å²) in [6.07, 6.45) is 0.743. The Morgan fingerprint density at radius 2 is 2.09 bits per heavy atom. The van der Waals surface area contributed by atoms with E-state index in [1.165, 1.54) is 0 Å². The van der Waals surface area contributed by atoms with Crippen molar-refractivity contribution in [1.82, 2.24) is 15.5 Å². The maximum atomic E-state index is 12.3. The number of aliphatic imine (C=N–C) groups is 1. The fourth-order valence-corrected chi connectivity index (χ4v) is 3.28. The van der Waals surface area contributed by atoms with Crippen molar-refractivity contribution in [1.29, 1.82) is 0 Å². The fraction of sp³-hybridized carbons (Fsp3) is 0.667. The van der Waals surface area contributed by atoms with Crippen molar-refractivity contribution in [3.05, 3.63) is 29.3 Å². The number of carbonyl (C=O) groups excluding carboxylic acids is 1. The fourth-order valence-electron chi connectivity index (χ4n) is 3.28. The highest BCUT2D eigenvalue weighted by Gasteiger charge is 2.21. The number of rotatable bonds is 9. The van der Waals surface area contributed by atoms with Crippen LogP contribution in [0.15, 0.2) is 23.2 Å². The van der Waals surface area contributed by atoms with Gasteiger partial charge in [0.2, 0.25) is 0 Å². The molecule has 0 aromatic heterocycles. The lowest BCUT2D eigenvalue weighted by molar-refractivity contribution is 0.0264. The normalized spacial score (nSPS) is 16.6. The monoisotopic (exact) mass is 448 g/mol. The van der Waals surface area contributed by atoms with Crippen LogP contribution in [0.2, 0.25) is 0 Å². The van der Waals surface area contributed by atoms with Crippen LogP contribution in [0.1, 0.15) is 45.2 Å². The quantitative estimate of drug-likeness (QED) is 0.445. The number of nitrogens with zero attached hydrogens (tertiary/aromatic N) is 2. The molecular formula is C24H40N4O4. The molecule has 2 N–H and O–H groups in total. The Bertz CT molecular complexity index is 755. The molecule has 1 aromatic rings. The highest BCUT2D eigenvalue weighted by Crippen LogP contribution is 2.22. The molecule has 8 nitrogen and oxygen atoms in total. The lowest BCUT2D eigenvalue weighted by atomic mass is 10.1. The molecule has 1 saturated heterocycles. The summed E-state index contributed by atoms with van der Waals surface area (Å²) in [5.41, 5.74) is 1.73. The predicted molar refractivity (Wildman–Crippen MR) is 127 cm³/mol. The largest absolute Gasteiger partial charge is 0.493 e. The average Bonchev–Trinajstić information content (AvgIpc) is 3.25. The highest BCUT2D eigenvalue weighted by molar-refractivity contribution is 5.79. The molecule has 1 fully saturated rings. The Morgan fingerprint density at radius 1 is 1.31 bits per heavy atom. The SMILES string of the molecule is CCN(CCNC(=NC)NCc1ccc(C)cc1OCC1CCOC1)C(=O)OC(C)(C)C. The number of carbonyl (C=O) groups is 1. The predicted octanol–water partition coefficient (Wildman–Crippen LogP) is 3.33. The third-order valence-electron chi connectivity index (χ3n) is 5.10. The summed E-state index contributed by atoms with van der Waals surface area (Å²) in [5, 5.41) is 6.59. The van der Waals surface area contributed by atoms with Crippen molar-refractivity contribution >= 4 is 12.1 Å². The maximum Gasteiger partial charge on any atom is 0.410 e. The molecule has 0 bridgehead atoms. The zero-order chi connectivity index (χ0) is 23.6. The highest BCUT2D eigenvalue weighted by atomic mass is 16.6. The lowest BCUT2D eigenvalue weighted by Gasteiger charge is -2.26. The summed E-state index contributed by atoms with van der Waals surface area (Å²) in [6.45, 7) is 14.1. The van der Waals surface area contributed by atoms with Gasteiger partial charge in [0, 0.05) is 51.3 Å².